The Balaban J connectivity index is 1.35. The van der Waals surface area contributed by atoms with Gasteiger partial charge in [0.2, 0.25) is 6.79 Å². The number of pyridine rings is 1. The summed E-state index contributed by atoms with van der Waals surface area (Å²) in [5, 5.41) is 6.09. The van der Waals surface area contributed by atoms with E-state index in [4.69, 9.17) is 14.2 Å². The van der Waals surface area contributed by atoms with E-state index < -0.39 is 0 Å². The van der Waals surface area contributed by atoms with Crippen LogP contribution in [0.25, 0.3) is 0 Å². The zero-order chi connectivity index (χ0) is 17.1. The van der Waals surface area contributed by atoms with Crippen molar-refractivity contribution < 1.29 is 19.0 Å². The summed E-state index contributed by atoms with van der Waals surface area (Å²) in [5.74, 6) is 1.26. The number of ether oxygens (including phenoxy) is 3. The molecular weight excluding hydrogens is 322 g/mol. The number of hydrogen-bond acceptors (Lipinski definition) is 6. The summed E-state index contributed by atoms with van der Waals surface area (Å²) in [4.78, 5) is 16.3. The molecule has 1 saturated heterocycles. The third kappa shape index (κ3) is 3.66. The number of anilines is 2. The lowest BCUT2D eigenvalue weighted by Crippen LogP contribution is -2.32. The first-order valence-electron chi connectivity index (χ1n) is 8.30. The van der Waals surface area contributed by atoms with E-state index in [1.807, 2.05) is 24.3 Å². The van der Waals surface area contributed by atoms with E-state index in [9.17, 15) is 4.79 Å². The Morgan fingerprint density at radius 1 is 1.16 bits per heavy atom. The number of nitrogens with one attached hydrogen (secondary N) is 2. The average molecular weight is 341 g/mol. The fourth-order valence-electron chi connectivity index (χ4n) is 2.85. The largest absolute Gasteiger partial charge is 0.454 e. The zero-order valence-corrected chi connectivity index (χ0v) is 13.7. The monoisotopic (exact) mass is 341 g/mol. The number of rotatable bonds is 5. The van der Waals surface area contributed by atoms with Gasteiger partial charge < -0.3 is 24.8 Å². The maximum atomic E-state index is 12.1. The minimum atomic E-state index is -0.190. The molecule has 2 N–H and O–H groups in total. The van der Waals surface area contributed by atoms with E-state index in [-0.39, 0.29) is 18.8 Å². The van der Waals surface area contributed by atoms with E-state index >= 15 is 0 Å². The molecule has 2 aromatic rings. The first-order valence-corrected chi connectivity index (χ1v) is 8.30. The second-order valence-electron chi connectivity index (χ2n) is 5.97. The number of amides is 1. The summed E-state index contributed by atoms with van der Waals surface area (Å²) in [7, 11) is 0. The molecule has 1 aromatic carbocycles. The second-order valence-corrected chi connectivity index (χ2v) is 5.97. The predicted molar refractivity (Wildman–Crippen MR) is 91.4 cm³/mol. The van der Waals surface area contributed by atoms with Crippen molar-refractivity contribution in [3.8, 4) is 11.5 Å². The molecule has 1 atom stereocenters. The molecule has 0 radical (unpaired) electrons. The molecule has 0 spiro atoms. The number of carbonyl (C=O) groups is 1. The Kier molecular flexibility index (Phi) is 4.39. The van der Waals surface area contributed by atoms with E-state index in [1.165, 1.54) is 0 Å². The number of fused-ring (bicyclic) bond motifs is 1. The Hall–Kier alpha value is -2.80. The molecule has 0 saturated carbocycles. The van der Waals surface area contributed by atoms with Crippen LogP contribution in [0.3, 0.4) is 0 Å². The maximum Gasteiger partial charge on any atom is 0.269 e. The molecule has 7 heteroatoms. The van der Waals surface area contributed by atoms with Gasteiger partial charge in [-0.1, -0.05) is 0 Å². The van der Waals surface area contributed by atoms with Crippen LogP contribution < -0.4 is 20.1 Å². The van der Waals surface area contributed by atoms with Crippen molar-refractivity contribution in [1.82, 2.24) is 10.3 Å². The second kappa shape index (κ2) is 6.98. The van der Waals surface area contributed by atoms with E-state index in [1.54, 1.807) is 12.3 Å². The zero-order valence-electron chi connectivity index (χ0n) is 13.7. The molecule has 3 heterocycles. The molecule has 0 aliphatic carbocycles. The third-order valence-electron chi connectivity index (χ3n) is 4.17. The van der Waals surface area contributed by atoms with Crippen LogP contribution in [0, 0.1) is 0 Å². The van der Waals surface area contributed by atoms with Crippen molar-refractivity contribution in [2.75, 3.05) is 25.3 Å². The van der Waals surface area contributed by atoms with Crippen LogP contribution in [0.5, 0.6) is 11.5 Å². The van der Waals surface area contributed by atoms with E-state index in [0.717, 1.165) is 36.6 Å². The highest BCUT2D eigenvalue weighted by molar-refractivity contribution is 5.92. The van der Waals surface area contributed by atoms with Crippen LogP contribution in [-0.4, -0.2) is 36.9 Å². The molecule has 1 unspecified atom stereocenters. The normalized spacial score (nSPS) is 18.2. The molecule has 0 bridgehead atoms. The number of carbonyl (C=O) groups excluding carboxylic acids is 1. The van der Waals surface area contributed by atoms with Gasteiger partial charge in [0.1, 0.15) is 5.69 Å². The molecular formula is C18H19N3O4. The van der Waals surface area contributed by atoms with Crippen molar-refractivity contribution in [3.63, 3.8) is 0 Å². The smallest absolute Gasteiger partial charge is 0.269 e. The molecule has 1 amide bonds. The highest BCUT2D eigenvalue weighted by Crippen LogP contribution is 2.35. The number of benzene rings is 1. The molecule has 1 aromatic heterocycles. The van der Waals surface area contributed by atoms with Gasteiger partial charge in [-0.25, -0.2) is 4.98 Å². The number of hydrogen-bond donors (Lipinski definition) is 2. The summed E-state index contributed by atoms with van der Waals surface area (Å²) >= 11 is 0. The van der Waals surface area contributed by atoms with Crippen LogP contribution in [0.15, 0.2) is 36.5 Å². The van der Waals surface area contributed by atoms with Gasteiger partial charge in [-0.15, -0.1) is 0 Å². The van der Waals surface area contributed by atoms with E-state index in [2.05, 4.69) is 15.6 Å². The highest BCUT2D eigenvalue weighted by atomic mass is 16.7. The SMILES string of the molecule is O=C(NCC1CCCO1)c1ccc(Nc2ccc3c(c2)OCO3)cn1. The van der Waals surface area contributed by atoms with Gasteiger partial charge in [0.05, 0.1) is 18.0 Å². The van der Waals surface area contributed by atoms with Crippen LogP contribution in [0.4, 0.5) is 11.4 Å². The minimum Gasteiger partial charge on any atom is -0.454 e. The summed E-state index contributed by atoms with van der Waals surface area (Å²) in [5.41, 5.74) is 2.03. The lowest BCUT2D eigenvalue weighted by atomic mass is 10.2. The van der Waals surface area contributed by atoms with Gasteiger partial charge in [0, 0.05) is 24.9 Å². The molecule has 2 aliphatic rings. The molecule has 7 nitrogen and oxygen atoms in total. The molecule has 25 heavy (non-hydrogen) atoms. The maximum absolute atomic E-state index is 12.1. The Bertz CT molecular complexity index is 757. The first-order chi connectivity index (χ1) is 12.3. The van der Waals surface area contributed by atoms with Crippen LogP contribution >= 0.6 is 0 Å². The van der Waals surface area contributed by atoms with Gasteiger partial charge >= 0.3 is 0 Å². The van der Waals surface area contributed by atoms with Gasteiger partial charge in [-0.3, -0.25) is 4.79 Å². The first kappa shape index (κ1) is 15.7. The lowest BCUT2D eigenvalue weighted by Gasteiger charge is -2.11. The summed E-state index contributed by atoms with van der Waals surface area (Å²) in [6, 6.07) is 9.13. The standard InChI is InChI=1S/C18H19N3O4/c22-18(20-10-14-2-1-7-23-14)15-5-3-13(9-19-15)21-12-4-6-16-17(8-12)25-11-24-16/h3-6,8-9,14,21H,1-2,7,10-11H2,(H,20,22). The van der Waals surface area contributed by atoms with Gasteiger partial charge in [-0.2, -0.15) is 0 Å². The quantitative estimate of drug-likeness (QED) is 0.869. The summed E-state index contributed by atoms with van der Waals surface area (Å²) < 4.78 is 16.1. The van der Waals surface area contributed by atoms with Gasteiger partial charge in [0.15, 0.2) is 11.5 Å². The van der Waals surface area contributed by atoms with Crippen molar-refractivity contribution in [2.24, 2.45) is 0 Å². The van der Waals surface area contributed by atoms with Crippen molar-refractivity contribution in [1.29, 1.82) is 0 Å². The molecule has 1 fully saturated rings. The van der Waals surface area contributed by atoms with Crippen molar-refractivity contribution in [2.45, 2.75) is 18.9 Å². The van der Waals surface area contributed by atoms with Gasteiger partial charge in [0.25, 0.3) is 5.91 Å². The van der Waals surface area contributed by atoms with Crippen LogP contribution in [0.2, 0.25) is 0 Å². The molecule has 130 valence electrons. The third-order valence-corrected chi connectivity index (χ3v) is 4.17. The fourth-order valence-corrected chi connectivity index (χ4v) is 2.85. The topological polar surface area (TPSA) is 81.7 Å². The number of nitrogens with zero attached hydrogens (tertiary/aromatic N) is 1. The summed E-state index contributed by atoms with van der Waals surface area (Å²) in [6.45, 7) is 1.55. The van der Waals surface area contributed by atoms with Crippen LogP contribution in [-0.2, 0) is 4.74 Å². The number of aromatic nitrogens is 1. The predicted octanol–water partition coefficient (Wildman–Crippen LogP) is 2.46. The lowest BCUT2D eigenvalue weighted by molar-refractivity contribution is 0.0854. The van der Waals surface area contributed by atoms with Crippen molar-refractivity contribution in [3.05, 3.63) is 42.2 Å². The summed E-state index contributed by atoms with van der Waals surface area (Å²) in [6.07, 6.45) is 3.80. The Morgan fingerprint density at radius 2 is 2.04 bits per heavy atom. The molecule has 2 aliphatic heterocycles. The Morgan fingerprint density at radius 3 is 2.84 bits per heavy atom. The van der Waals surface area contributed by atoms with E-state index in [0.29, 0.717) is 18.0 Å². The Labute approximate surface area is 145 Å². The average Bonchev–Trinajstić information content (AvgIpc) is 3.31. The molecule has 4 rings (SSSR count). The fraction of sp³-hybridized carbons (Fsp3) is 0.333. The van der Waals surface area contributed by atoms with Gasteiger partial charge in [-0.05, 0) is 37.1 Å². The van der Waals surface area contributed by atoms with Crippen LogP contribution in [0.1, 0.15) is 23.3 Å². The van der Waals surface area contributed by atoms with Crippen molar-refractivity contribution >= 4 is 17.3 Å². The minimum absolute atomic E-state index is 0.121. The highest BCUT2D eigenvalue weighted by Gasteiger charge is 2.17.